The maximum Gasteiger partial charge on any atom is 0.276 e. The number of ether oxygens (including phenoxy) is 2. The molecule has 0 aliphatic rings. The molecule has 0 spiro atoms. The van der Waals surface area contributed by atoms with Crippen LogP contribution in [-0.2, 0) is 6.54 Å². The minimum Gasteiger partial charge on any atom is -0.493 e. The molecule has 1 aromatic carbocycles. The Hall–Kier alpha value is -3.55. The van der Waals surface area contributed by atoms with E-state index in [2.05, 4.69) is 10.3 Å². The van der Waals surface area contributed by atoms with Crippen molar-refractivity contribution in [2.75, 3.05) is 14.2 Å². The Morgan fingerprint density at radius 2 is 1.86 bits per heavy atom. The summed E-state index contributed by atoms with van der Waals surface area (Å²) in [5.41, 5.74) is 3.54. The first kappa shape index (κ1) is 17.8. The summed E-state index contributed by atoms with van der Waals surface area (Å²) in [6.07, 6.45) is 3.48. The van der Waals surface area contributed by atoms with Crippen LogP contribution in [0.3, 0.4) is 0 Å². The number of fused-ring (bicyclic) bond motifs is 1. The lowest BCUT2D eigenvalue weighted by Gasteiger charge is -2.08. The van der Waals surface area contributed by atoms with Crippen molar-refractivity contribution in [1.29, 1.82) is 0 Å². The molecule has 8 nitrogen and oxygen atoms in total. The summed E-state index contributed by atoms with van der Waals surface area (Å²) in [5.74, 6) is 1.95. The van der Waals surface area contributed by atoms with E-state index in [-0.39, 0.29) is 5.56 Å². The summed E-state index contributed by atoms with van der Waals surface area (Å²) >= 11 is 0. The summed E-state index contributed by atoms with van der Waals surface area (Å²) in [6.45, 7) is 4.10. The fraction of sp³-hybridized carbons (Fsp3) is 0.250. The van der Waals surface area contributed by atoms with Gasteiger partial charge in [0.2, 0.25) is 0 Å². The molecule has 28 heavy (non-hydrogen) atoms. The lowest BCUT2D eigenvalue weighted by molar-refractivity contribution is 0.355. The summed E-state index contributed by atoms with van der Waals surface area (Å²) in [6, 6.07) is 7.30. The molecule has 0 atom stereocenters. The SMILES string of the molecule is COc1ccc(-c2cc3c(=O)n(Cc4c(C)noc4C)ccn3n2)cc1OC. The summed E-state index contributed by atoms with van der Waals surface area (Å²) in [4.78, 5) is 13.0. The van der Waals surface area contributed by atoms with Gasteiger partial charge in [0.25, 0.3) is 5.56 Å². The maximum absolute atomic E-state index is 13.0. The highest BCUT2D eigenvalue weighted by atomic mass is 16.5. The van der Waals surface area contributed by atoms with E-state index >= 15 is 0 Å². The first-order valence-electron chi connectivity index (χ1n) is 8.74. The van der Waals surface area contributed by atoms with Crippen molar-refractivity contribution in [3.8, 4) is 22.8 Å². The molecule has 0 unspecified atom stereocenters. The van der Waals surface area contributed by atoms with Crippen LogP contribution in [-0.4, -0.2) is 33.6 Å². The normalized spacial score (nSPS) is 11.1. The van der Waals surface area contributed by atoms with Crippen LogP contribution in [0.1, 0.15) is 17.0 Å². The first-order valence-corrected chi connectivity index (χ1v) is 8.74. The van der Waals surface area contributed by atoms with Crippen molar-refractivity contribution in [3.63, 3.8) is 0 Å². The molecule has 4 rings (SSSR count). The monoisotopic (exact) mass is 380 g/mol. The average Bonchev–Trinajstić information content (AvgIpc) is 3.28. The molecule has 0 bridgehead atoms. The van der Waals surface area contributed by atoms with E-state index in [0.29, 0.717) is 35.0 Å². The Bertz CT molecular complexity index is 1200. The predicted molar refractivity (Wildman–Crippen MR) is 103 cm³/mol. The molecule has 0 amide bonds. The second-order valence-electron chi connectivity index (χ2n) is 6.46. The van der Waals surface area contributed by atoms with Crippen LogP contribution in [0.2, 0.25) is 0 Å². The van der Waals surface area contributed by atoms with Gasteiger partial charge < -0.3 is 18.6 Å². The van der Waals surface area contributed by atoms with Gasteiger partial charge in [-0.25, -0.2) is 4.52 Å². The number of hydrogen-bond acceptors (Lipinski definition) is 6. The quantitative estimate of drug-likeness (QED) is 0.529. The van der Waals surface area contributed by atoms with E-state index < -0.39 is 0 Å². The Morgan fingerprint density at radius 3 is 2.54 bits per heavy atom. The number of hydrogen-bond donors (Lipinski definition) is 0. The standard InChI is InChI=1S/C20H20N4O4/c1-12-15(13(2)28-22-12)11-23-7-8-24-17(20(23)25)10-16(21-24)14-5-6-18(26-3)19(9-14)27-4/h5-10H,11H2,1-4H3. The van der Waals surface area contributed by atoms with Gasteiger partial charge in [-0.3, -0.25) is 4.79 Å². The van der Waals surface area contributed by atoms with E-state index in [4.69, 9.17) is 14.0 Å². The second-order valence-corrected chi connectivity index (χ2v) is 6.46. The maximum atomic E-state index is 13.0. The number of methoxy groups -OCH3 is 2. The molecule has 0 aliphatic heterocycles. The molecule has 0 radical (unpaired) electrons. The third-order valence-electron chi connectivity index (χ3n) is 4.79. The van der Waals surface area contributed by atoms with E-state index in [9.17, 15) is 4.79 Å². The predicted octanol–water partition coefficient (Wildman–Crippen LogP) is 2.83. The van der Waals surface area contributed by atoms with E-state index in [0.717, 1.165) is 16.8 Å². The van der Waals surface area contributed by atoms with E-state index in [1.165, 1.54) is 0 Å². The smallest absolute Gasteiger partial charge is 0.276 e. The fourth-order valence-electron chi connectivity index (χ4n) is 3.19. The van der Waals surface area contributed by atoms with Gasteiger partial charge in [0.1, 0.15) is 11.3 Å². The van der Waals surface area contributed by atoms with E-state index in [1.54, 1.807) is 41.8 Å². The minimum atomic E-state index is -0.137. The molecule has 4 aromatic rings. The number of nitrogens with zero attached hydrogens (tertiary/aromatic N) is 4. The molecule has 144 valence electrons. The van der Waals surface area contributed by atoms with Crippen LogP contribution >= 0.6 is 0 Å². The minimum absolute atomic E-state index is 0.137. The van der Waals surface area contributed by atoms with Gasteiger partial charge >= 0.3 is 0 Å². The van der Waals surface area contributed by atoms with Gasteiger partial charge in [0.05, 0.1) is 32.2 Å². The summed E-state index contributed by atoms with van der Waals surface area (Å²) < 4.78 is 19.0. The third kappa shape index (κ3) is 2.92. The zero-order chi connectivity index (χ0) is 19.8. The molecule has 3 heterocycles. The molecule has 3 aromatic heterocycles. The van der Waals surface area contributed by atoms with Crippen molar-refractivity contribution >= 4 is 5.52 Å². The van der Waals surface area contributed by atoms with Gasteiger partial charge in [-0.2, -0.15) is 5.10 Å². The Kier molecular flexibility index (Phi) is 4.38. The van der Waals surface area contributed by atoms with Gasteiger partial charge in [-0.05, 0) is 38.1 Å². The largest absolute Gasteiger partial charge is 0.493 e. The van der Waals surface area contributed by atoms with Crippen molar-refractivity contribution < 1.29 is 14.0 Å². The zero-order valence-corrected chi connectivity index (χ0v) is 16.1. The van der Waals surface area contributed by atoms with Crippen molar-refractivity contribution in [2.24, 2.45) is 0 Å². The van der Waals surface area contributed by atoms with Crippen LogP contribution in [0.4, 0.5) is 0 Å². The van der Waals surface area contributed by atoms with Gasteiger partial charge in [-0.1, -0.05) is 5.16 Å². The van der Waals surface area contributed by atoms with Crippen LogP contribution in [0.15, 0.2) is 46.0 Å². The summed E-state index contributed by atoms with van der Waals surface area (Å²) in [7, 11) is 3.17. The lowest BCUT2D eigenvalue weighted by Crippen LogP contribution is -2.22. The Morgan fingerprint density at radius 1 is 1.07 bits per heavy atom. The molecule has 0 N–H and O–H groups in total. The van der Waals surface area contributed by atoms with Crippen molar-refractivity contribution in [1.82, 2.24) is 19.3 Å². The van der Waals surface area contributed by atoms with Crippen LogP contribution < -0.4 is 15.0 Å². The molecule has 0 saturated carbocycles. The molecular weight excluding hydrogens is 360 g/mol. The second kappa shape index (κ2) is 6.88. The summed E-state index contributed by atoms with van der Waals surface area (Å²) in [5, 5.41) is 8.47. The average molecular weight is 380 g/mol. The molecule has 0 aliphatic carbocycles. The van der Waals surface area contributed by atoms with Crippen molar-refractivity contribution in [2.45, 2.75) is 20.4 Å². The van der Waals surface area contributed by atoms with Gasteiger partial charge in [-0.15, -0.1) is 0 Å². The van der Waals surface area contributed by atoms with Crippen LogP contribution in [0.5, 0.6) is 11.5 Å². The molecule has 8 heteroatoms. The highest BCUT2D eigenvalue weighted by Crippen LogP contribution is 2.31. The lowest BCUT2D eigenvalue weighted by atomic mass is 10.1. The fourth-order valence-corrected chi connectivity index (χ4v) is 3.19. The number of aromatic nitrogens is 4. The Balaban J connectivity index is 1.76. The third-order valence-corrected chi connectivity index (χ3v) is 4.79. The zero-order valence-electron chi connectivity index (χ0n) is 16.1. The highest BCUT2D eigenvalue weighted by Gasteiger charge is 2.14. The van der Waals surface area contributed by atoms with Crippen LogP contribution in [0.25, 0.3) is 16.8 Å². The van der Waals surface area contributed by atoms with Crippen LogP contribution in [0, 0.1) is 13.8 Å². The number of rotatable bonds is 5. The number of benzene rings is 1. The first-order chi connectivity index (χ1) is 13.5. The van der Waals surface area contributed by atoms with Gasteiger partial charge in [0.15, 0.2) is 11.5 Å². The van der Waals surface area contributed by atoms with Gasteiger partial charge in [0, 0.05) is 23.5 Å². The highest BCUT2D eigenvalue weighted by molar-refractivity contribution is 5.68. The number of aryl methyl sites for hydroxylation is 2. The topological polar surface area (TPSA) is 83.8 Å². The van der Waals surface area contributed by atoms with E-state index in [1.807, 2.05) is 32.0 Å². The van der Waals surface area contributed by atoms with Crippen molar-refractivity contribution in [3.05, 3.63) is 64.0 Å². The molecular formula is C20H20N4O4. The Labute approximate surface area is 160 Å². The molecule has 0 fully saturated rings. The molecule has 0 saturated heterocycles.